The lowest BCUT2D eigenvalue weighted by molar-refractivity contribution is 0.296. The summed E-state index contributed by atoms with van der Waals surface area (Å²) < 4.78 is 13.5. The Morgan fingerprint density at radius 3 is 2.67 bits per heavy atom. The number of halogens is 1. The summed E-state index contributed by atoms with van der Waals surface area (Å²) in [6, 6.07) is 5.74. The maximum atomic E-state index is 13.5. The third-order valence-electron chi connectivity index (χ3n) is 3.56. The predicted octanol–water partition coefficient (Wildman–Crippen LogP) is 4.12. The van der Waals surface area contributed by atoms with E-state index in [0.717, 1.165) is 29.9 Å². The molecular formula is C14H19F. The Hall–Kier alpha value is -0.850. The maximum Gasteiger partial charge on any atom is 0.126 e. The quantitative estimate of drug-likeness (QED) is 0.695. The monoisotopic (exact) mass is 206 g/mol. The van der Waals surface area contributed by atoms with Gasteiger partial charge in [-0.05, 0) is 42.4 Å². The van der Waals surface area contributed by atoms with E-state index in [1.54, 1.807) is 6.07 Å². The predicted molar refractivity (Wildman–Crippen MR) is 61.4 cm³/mol. The maximum absolute atomic E-state index is 13.5. The van der Waals surface area contributed by atoms with E-state index in [2.05, 4.69) is 6.07 Å². The van der Waals surface area contributed by atoms with Gasteiger partial charge < -0.3 is 0 Å². The Kier molecular flexibility index (Phi) is 3.40. The molecular weight excluding hydrogens is 187 g/mol. The zero-order valence-corrected chi connectivity index (χ0v) is 9.43. The summed E-state index contributed by atoms with van der Waals surface area (Å²) in [5.74, 6) is 0.891. The van der Waals surface area contributed by atoms with Gasteiger partial charge in [0.25, 0.3) is 0 Å². The molecule has 0 spiro atoms. The van der Waals surface area contributed by atoms with Crippen LogP contribution in [0.15, 0.2) is 18.2 Å². The molecule has 1 fully saturated rings. The second-order valence-corrected chi connectivity index (χ2v) is 4.61. The highest BCUT2D eigenvalue weighted by atomic mass is 19.1. The minimum absolute atomic E-state index is 0.0244. The molecule has 2 rings (SSSR count). The fourth-order valence-electron chi connectivity index (χ4n) is 2.19. The summed E-state index contributed by atoms with van der Waals surface area (Å²) in [6.07, 6.45) is 7.24. The smallest absolute Gasteiger partial charge is 0.126 e. The first-order chi connectivity index (χ1) is 7.29. The summed E-state index contributed by atoms with van der Waals surface area (Å²) in [6.45, 7) is 1.99. The lowest BCUT2D eigenvalue weighted by atomic mass is 9.81. The van der Waals surface area contributed by atoms with Gasteiger partial charge >= 0.3 is 0 Å². The number of aryl methyl sites for hydroxylation is 2. The fraction of sp³-hybridized carbons (Fsp3) is 0.571. The molecule has 1 aromatic rings. The van der Waals surface area contributed by atoms with E-state index in [4.69, 9.17) is 0 Å². The van der Waals surface area contributed by atoms with Crippen molar-refractivity contribution < 1.29 is 4.39 Å². The van der Waals surface area contributed by atoms with E-state index < -0.39 is 0 Å². The topological polar surface area (TPSA) is 0 Å². The number of benzene rings is 1. The van der Waals surface area contributed by atoms with Crippen LogP contribution in [-0.2, 0) is 12.8 Å². The fourth-order valence-corrected chi connectivity index (χ4v) is 2.19. The molecule has 0 amide bonds. The van der Waals surface area contributed by atoms with E-state index in [1.807, 2.05) is 13.0 Å². The van der Waals surface area contributed by atoms with Crippen molar-refractivity contribution >= 4 is 0 Å². The van der Waals surface area contributed by atoms with Gasteiger partial charge in [0.1, 0.15) is 5.82 Å². The largest absolute Gasteiger partial charge is 0.207 e. The van der Waals surface area contributed by atoms with Crippen molar-refractivity contribution in [3.8, 4) is 0 Å². The van der Waals surface area contributed by atoms with Gasteiger partial charge in [-0.2, -0.15) is 0 Å². The number of hydrogen-bond donors (Lipinski definition) is 0. The van der Waals surface area contributed by atoms with Crippen molar-refractivity contribution in [2.45, 2.75) is 45.4 Å². The van der Waals surface area contributed by atoms with Gasteiger partial charge in [0.05, 0.1) is 0 Å². The Morgan fingerprint density at radius 2 is 2.13 bits per heavy atom. The molecule has 82 valence electrons. The molecule has 1 aliphatic carbocycles. The molecule has 1 aromatic carbocycles. The first-order valence-corrected chi connectivity index (χ1v) is 6.07. The molecule has 1 aliphatic rings. The highest BCUT2D eigenvalue weighted by Crippen LogP contribution is 2.30. The summed E-state index contributed by atoms with van der Waals surface area (Å²) in [5.41, 5.74) is 2.00. The molecule has 15 heavy (non-hydrogen) atoms. The summed E-state index contributed by atoms with van der Waals surface area (Å²) in [4.78, 5) is 0. The third kappa shape index (κ3) is 2.58. The second-order valence-electron chi connectivity index (χ2n) is 4.61. The SMILES string of the molecule is CCc1ccc(CCC2CCC2)cc1F. The summed E-state index contributed by atoms with van der Waals surface area (Å²) >= 11 is 0. The van der Waals surface area contributed by atoms with Crippen molar-refractivity contribution in [1.29, 1.82) is 0 Å². The third-order valence-corrected chi connectivity index (χ3v) is 3.56. The van der Waals surface area contributed by atoms with Crippen LogP contribution in [0.2, 0.25) is 0 Å². The molecule has 0 atom stereocenters. The van der Waals surface area contributed by atoms with Crippen molar-refractivity contribution in [3.05, 3.63) is 35.1 Å². The second kappa shape index (κ2) is 4.78. The molecule has 0 saturated heterocycles. The van der Waals surface area contributed by atoms with E-state index in [9.17, 15) is 4.39 Å². The molecule has 1 saturated carbocycles. The minimum Gasteiger partial charge on any atom is -0.207 e. The Morgan fingerprint density at radius 1 is 1.33 bits per heavy atom. The van der Waals surface area contributed by atoms with Crippen LogP contribution >= 0.6 is 0 Å². The van der Waals surface area contributed by atoms with Crippen LogP contribution in [0, 0.1) is 11.7 Å². The van der Waals surface area contributed by atoms with Crippen LogP contribution in [0.1, 0.15) is 43.7 Å². The Balaban J connectivity index is 1.93. The molecule has 1 heteroatoms. The van der Waals surface area contributed by atoms with Gasteiger partial charge in [0.2, 0.25) is 0 Å². The van der Waals surface area contributed by atoms with E-state index >= 15 is 0 Å². The lowest BCUT2D eigenvalue weighted by Gasteiger charge is -2.25. The summed E-state index contributed by atoms with van der Waals surface area (Å²) in [7, 11) is 0. The molecule has 0 bridgehead atoms. The lowest BCUT2D eigenvalue weighted by Crippen LogP contribution is -2.11. The van der Waals surface area contributed by atoms with Crippen LogP contribution in [0.25, 0.3) is 0 Å². The van der Waals surface area contributed by atoms with Crippen LogP contribution in [-0.4, -0.2) is 0 Å². The molecule has 0 nitrogen and oxygen atoms in total. The summed E-state index contributed by atoms with van der Waals surface area (Å²) in [5, 5.41) is 0. The average molecular weight is 206 g/mol. The zero-order valence-electron chi connectivity index (χ0n) is 9.43. The van der Waals surface area contributed by atoms with Crippen molar-refractivity contribution in [1.82, 2.24) is 0 Å². The van der Waals surface area contributed by atoms with Gasteiger partial charge in [-0.3, -0.25) is 0 Å². The first-order valence-electron chi connectivity index (χ1n) is 6.07. The van der Waals surface area contributed by atoms with Gasteiger partial charge in [0.15, 0.2) is 0 Å². The van der Waals surface area contributed by atoms with Crippen molar-refractivity contribution in [2.75, 3.05) is 0 Å². The van der Waals surface area contributed by atoms with Crippen LogP contribution in [0.4, 0.5) is 4.39 Å². The highest BCUT2D eigenvalue weighted by Gasteiger charge is 2.16. The molecule has 0 heterocycles. The Labute approximate surface area is 91.5 Å². The van der Waals surface area contributed by atoms with E-state index in [0.29, 0.717) is 0 Å². The Bertz CT molecular complexity index is 326. The van der Waals surface area contributed by atoms with Crippen LogP contribution < -0.4 is 0 Å². The highest BCUT2D eigenvalue weighted by molar-refractivity contribution is 5.24. The standard InChI is InChI=1S/C14H19F/c1-2-13-9-8-12(10-14(13)15)7-6-11-4-3-5-11/h8-11H,2-7H2,1H3. The number of rotatable bonds is 4. The first kappa shape index (κ1) is 10.7. The minimum atomic E-state index is -0.0244. The molecule has 0 aliphatic heterocycles. The average Bonchev–Trinajstić information content (AvgIpc) is 2.16. The van der Waals surface area contributed by atoms with Gasteiger partial charge in [0, 0.05) is 0 Å². The zero-order chi connectivity index (χ0) is 10.7. The van der Waals surface area contributed by atoms with E-state index in [1.165, 1.54) is 25.7 Å². The van der Waals surface area contributed by atoms with Gasteiger partial charge in [-0.1, -0.05) is 38.3 Å². The van der Waals surface area contributed by atoms with Gasteiger partial charge in [-0.25, -0.2) is 4.39 Å². The van der Waals surface area contributed by atoms with Gasteiger partial charge in [-0.15, -0.1) is 0 Å². The van der Waals surface area contributed by atoms with Crippen LogP contribution in [0.5, 0.6) is 0 Å². The van der Waals surface area contributed by atoms with E-state index in [-0.39, 0.29) is 5.82 Å². The molecule has 0 aromatic heterocycles. The van der Waals surface area contributed by atoms with Crippen molar-refractivity contribution in [3.63, 3.8) is 0 Å². The molecule has 0 radical (unpaired) electrons. The van der Waals surface area contributed by atoms with Crippen molar-refractivity contribution in [2.24, 2.45) is 5.92 Å². The van der Waals surface area contributed by atoms with Crippen LogP contribution in [0.3, 0.4) is 0 Å². The molecule has 0 unspecified atom stereocenters. The molecule has 0 N–H and O–H groups in total. The normalized spacial score (nSPS) is 16.4. The number of hydrogen-bond acceptors (Lipinski definition) is 0.